The van der Waals surface area contributed by atoms with Gasteiger partial charge in [-0.05, 0) is 0 Å². The molecule has 1 aromatic heterocycles. The lowest BCUT2D eigenvalue weighted by Gasteiger charge is -2.18. The van der Waals surface area contributed by atoms with Gasteiger partial charge in [0.1, 0.15) is 5.56 Å². The highest BCUT2D eigenvalue weighted by molar-refractivity contribution is 5.50. The van der Waals surface area contributed by atoms with Crippen LogP contribution >= 0.6 is 0 Å². The number of aromatic nitrogens is 2. The Labute approximate surface area is 112 Å². The van der Waals surface area contributed by atoms with E-state index in [4.69, 9.17) is 9.84 Å². The van der Waals surface area contributed by atoms with Crippen molar-refractivity contribution >= 4 is 5.69 Å². The van der Waals surface area contributed by atoms with Crippen molar-refractivity contribution in [3.8, 4) is 0 Å². The summed E-state index contributed by atoms with van der Waals surface area (Å²) in [4.78, 5) is 11.3. The molecule has 3 N–H and O–H groups in total. The van der Waals surface area contributed by atoms with Gasteiger partial charge in [-0.3, -0.25) is 4.79 Å². The number of rotatable bonds is 6. The highest BCUT2D eigenvalue weighted by Crippen LogP contribution is 2.31. The van der Waals surface area contributed by atoms with E-state index in [0.717, 1.165) is 6.20 Å². The zero-order valence-corrected chi connectivity index (χ0v) is 10.6. The molecular formula is C11H14F3N3O3. The summed E-state index contributed by atoms with van der Waals surface area (Å²) in [6.45, 7) is -0.206. The van der Waals surface area contributed by atoms with Crippen molar-refractivity contribution in [3.63, 3.8) is 0 Å². The van der Waals surface area contributed by atoms with Crippen molar-refractivity contribution < 1.29 is 23.0 Å². The normalized spacial score (nSPS) is 13.7. The second-order valence-electron chi connectivity index (χ2n) is 3.80. The van der Waals surface area contributed by atoms with E-state index in [1.165, 1.54) is 19.3 Å². The predicted molar refractivity (Wildman–Crippen MR) is 65.4 cm³/mol. The van der Waals surface area contributed by atoms with Crippen LogP contribution in [-0.2, 0) is 10.9 Å². The van der Waals surface area contributed by atoms with Crippen molar-refractivity contribution in [2.45, 2.75) is 12.2 Å². The van der Waals surface area contributed by atoms with Crippen LogP contribution in [0.3, 0.4) is 0 Å². The van der Waals surface area contributed by atoms with Gasteiger partial charge in [-0.2, -0.15) is 18.3 Å². The number of alkyl halides is 3. The lowest BCUT2D eigenvalue weighted by Crippen LogP contribution is -2.29. The molecule has 20 heavy (non-hydrogen) atoms. The van der Waals surface area contributed by atoms with Gasteiger partial charge in [0.25, 0.3) is 5.56 Å². The average Bonchev–Trinajstić information content (AvgIpc) is 2.34. The third-order valence-electron chi connectivity index (χ3n) is 2.30. The van der Waals surface area contributed by atoms with E-state index < -0.39 is 29.0 Å². The van der Waals surface area contributed by atoms with Crippen LogP contribution in [0.2, 0.25) is 0 Å². The number of halogens is 3. The molecule has 9 heteroatoms. The third kappa shape index (κ3) is 4.35. The van der Waals surface area contributed by atoms with Gasteiger partial charge in [0.05, 0.1) is 31.1 Å². The van der Waals surface area contributed by atoms with Gasteiger partial charge in [0.15, 0.2) is 0 Å². The summed E-state index contributed by atoms with van der Waals surface area (Å²) in [5.41, 5.74) is -3.14. The molecular weight excluding hydrogens is 279 g/mol. The first kappa shape index (κ1) is 16.2. The lowest BCUT2D eigenvalue weighted by molar-refractivity contribution is -0.138. The highest BCUT2D eigenvalue weighted by Gasteiger charge is 2.37. The van der Waals surface area contributed by atoms with Gasteiger partial charge in [0, 0.05) is 7.11 Å². The second kappa shape index (κ2) is 7.06. The topological polar surface area (TPSA) is 87.2 Å². The molecule has 1 aromatic rings. The van der Waals surface area contributed by atoms with E-state index in [-0.39, 0.29) is 13.2 Å². The number of H-pyrrole nitrogens is 1. The summed E-state index contributed by atoms with van der Waals surface area (Å²) in [7, 11) is 1.38. The molecule has 0 bridgehead atoms. The maximum absolute atomic E-state index is 12.8. The SMILES string of the molecule is COC[C@@H](/C=C/CO)Nc1cn[nH]c(=O)c1C(F)(F)F. The molecule has 0 saturated carbocycles. The monoisotopic (exact) mass is 293 g/mol. The number of nitrogens with one attached hydrogen (secondary N) is 2. The van der Waals surface area contributed by atoms with Gasteiger partial charge in [-0.15, -0.1) is 0 Å². The average molecular weight is 293 g/mol. The molecule has 0 spiro atoms. The van der Waals surface area contributed by atoms with E-state index in [2.05, 4.69) is 10.4 Å². The molecule has 0 aliphatic carbocycles. The molecule has 0 radical (unpaired) electrons. The molecule has 0 fully saturated rings. The summed E-state index contributed by atoms with van der Waals surface area (Å²) in [5.74, 6) is 0. The Morgan fingerprint density at radius 3 is 2.85 bits per heavy atom. The summed E-state index contributed by atoms with van der Waals surface area (Å²) >= 11 is 0. The number of methoxy groups -OCH3 is 1. The lowest BCUT2D eigenvalue weighted by atomic mass is 10.2. The van der Waals surface area contributed by atoms with Crippen LogP contribution in [0.5, 0.6) is 0 Å². The summed E-state index contributed by atoms with van der Waals surface area (Å²) in [6.07, 6.45) is -1.15. The first-order chi connectivity index (χ1) is 9.40. The fraction of sp³-hybridized carbons (Fsp3) is 0.455. The molecule has 1 heterocycles. The van der Waals surface area contributed by atoms with Gasteiger partial charge >= 0.3 is 6.18 Å². The summed E-state index contributed by atoms with van der Waals surface area (Å²) in [6, 6.07) is -0.642. The van der Waals surface area contributed by atoms with Crippen LogP contribution in [0.1, 0.15) is 5.56 Å². The largest absolute Gasteiger partial charge is 0.423 e. The van der Waals surface area contributed by atoms with Crippen LogP contribution < -0.4 is 10.9 Å². The van der Waals surface area contributed by atoms with Gasteiger partial charge in [-0.25, -0.2) is 5.10 Å². The first-order valence-corrected chi connectivity index (χ1v) is 5.58. The number of hydrogen-bond acceptors (Lipinski definition) is 5. The zero-order valence-electron chi connectivity index (χ0n) is 10.6. The quantitative estimate of drug-likeness (QED) is 0.674. The Hall–Kier alpha value is -1.87. The van der Waals surface area contributed by atoms with Gasteiger partial charge in [-0.1, -0.05) is 12.2 Å². The maximum atomic E-state index is 12.8. The van der Waals surface area contributed by atoms with Crippen molar-refractivity contribution in [2.24, 2.45) is 0 Å². The Bertz CT molecular complexity index is 514. The molecule has 1 atom stereocenters. The van der Waals surface area contributed by atoms with Crippen LogP contribution in [-0.4, -0.2) is 41.7 Å². The molecule has 0 unspecified atom stereocenters. The second-order valence-corrected chi connectivity index (χ2v) is 3.80. The Kier molecular flexibility index (Phi) is 5.71. The minimum atomic E-state index is -4.81. The molecule has 112 valence electrons. The third-order valence-corrected chi connectivity index (χ3v) is 2.30. The first-order valence-electron chi connectivity index (χ1n) is 5.58. The number of aliphatic hydroxyl groups excluding tert-OH is 1. The number of aliphatic hydroxyl groups is 1. The molecule has 0 aliphatic rings. The zero-order chi connectivity index (χ0) is 15.2. The molecule has 0 amide bonds. The van der Waals surface area contributed by atoms with E-state index in [0.29, 0.717) is 0 Å². The van der Waals surface area contributed by atoms with Crippen molar-refractivity contribution in [2.75, 3.05) is 25.6 Å². The van der Waals surface area contributed by atoms with Gasteiger partial charge < -0.3 is 15.2 Å². The number of anilines is 1. The van der Waals surface area contributed by atoms with Crippen molar-refractivity contribution in [1.82, 2.24) is 10.2 Å². The van der Waals surface area contributed by atoms with E-state index >= 15 is 0 Å². The smallest absolute Gasteiger partial charge is 0.392 e. The Morgan fingerprint density at radius 2 is 2.30 bits per heavy atom. The maximum Gasteiger partial charge on any atom is 0.423 e. The van der Waals surface area contributed by atoms with E-state index in [9.17, 15) is 18.0 Å². The highest BCUT2D eigenvalue weighted by atomic mass is 19.4. The van der Waals surface area contributed by atoms with Crippen LogP contribution in [0.15, 0.2) is 23.1 Å². The Morgan fingerprint density at radius 1 is 1.60 bits per heavy atom. The minimum Gasteiger partial charge on any atom is -0.392 e. The predicted octanol–water partition coefficient (Wildman–Crippen LogP) is 0.764. The van der Waals surface area contributed by atoms with Crippen molar-refractivity contribution in [1.29, 1.82) is 0 Å². The molecule has 6 nitrogen and oxygen atoms in total. The van der Waals surface area contributed by atoms with Crippen LogP contribution in [0.25, 0.3) is 0 Å². The summed E-state index contributed by atoms with van der Waals surface area (Å²) in [5, 5.41) is 16.3. The van der Waals surface area contributed by atoms with Gasteiger partial charge in [0.2, 0.25) is 0 Å². The van der Waals surface area contributed by atoms with Crippen LogP contribution in [0.4, 0.5) is 18.9 Å². The number of aromatic amines is 1. The van der Waals surface area contributed by atoms with E-state index in [1.807, 2.05) is 0 Å². The summed E-state index contributed by atoms with van der Waals surface area (Å²) < 4.78 is 43.3. The number of ether oxygens (including phenoxy) is 1. The van der Waals surface area contributed by atoms with Crippen molar-refractivity contribution in [3.05, 3.63) is 34.3 Å². The number of hydrogen-bond donors (Lipinski definition) is 3. The Balaban J connectivity index is 3.10. The number of nitrogens with zero attached hydrogens (tertiary/aromatic N) is 1. The molecule has 1 rings (SSSR count). The van der Waals surface area contributed by atoms with E-state index in [1.54, 1.807) is 5.10 Å². The molecule has 0 saturated heterocycles. The fourth-order valence-corrected chi connectivity index (χ4v) is 1.54. The molecule has 0 aromatic carbocycles. The van der Waals surface area contributed by atoms with Crippen LogP contribution in [0, 0.1) is 0 Å². The minimum absolute atomic E-state index is 0.0561. The molecule has 0 aliphatic heterocycles. The standard InChI is InChI=1S/C11H14F3N3O3/c1-20-6-7(3-2-4-18)16-8-5-15-17-10(19)9(8)11(12,13)14/h2-3,5,7,18H,4,6H2,1H3,(H2,16,17,19)/b3-2+/t7-/m1/s1. The fourth-order valence-electron chi connectivity index (χ4n) is 1.54.